The van der Waals surface area contributed by atoms with Gasteiger partial charge in [-0.2, -0.15) is 5.26 Å². The van der Waals surface area contributed by atoms with Gasteiger partial charge in [0.05, 0.1) is 18.4 Å². The fourth-order valence-electron chi connectivity index (χ4n) is 4.52. The molecule has 2 saturated heterocycles. The van der Waals surface area contributed by atoms with E-state index in [1.807, 2.05) is 18.7 Å². The van der Waals surface area contributed by atoms with Gasteiger partial charge in [-0.25, -0.2) is 0 Å². The maximum absolute atomic E-state index is 12.6. The molecule has 0 aromatic rings. The molecule has 3 rings (SSSR count). The molecule has 1 aliphatic carbocycles. The molecule has 0 bridgehead atoms. The van der Waals surface area contributed by atoms with Crippen LogP contribution in [0.1, 0.15) is 52.9 Å². The van der Waals surface area contributed by atoms with Gasteiger partial charge < -0.3 is 9.80 Å². The van der Waals surface area contributed by atoms with Gasteiger partial charge in [0.2, 0.25) is 5.91 Å². The van der Waals surface area contributed by atoms with Crippen molar-refractivity contribution in [1.82, 2.24) is 14.7 Å². The van der Waals surface area contributed by atoms with E-state index in [9.17, 15) is 10.1 Å². The molecular weight excluding hydrogens is 312 g/mol. The van der Waals surface area contributed by atoms with E-state index in [0.29, 0.717) is 18.4 Å². The van der Waals surface area contributed by atoms with Gasteiger partial charge in [-0.15, -0.1) is 0 Å². The van der Waals surface area contributed by atoms with E-state index < -0.39 is 0 Å². The lowest BCUT2D eigenvalue weighted by molar-refractivity contribution is -0.144. The summed E-state index contributed by atoms with van der Waals surface area (Å²) in [6.45, 7) is 10.7. The minimum absolute atomic E-state index is 0.185. The van der Waals surface area contributed by atoms with Crippen LogP contribution in [0.5, 0.6) is 0 Å². The molecule has 5 nitrogen and oxygen atoms in total. The smallest absolute Gasteiger partial charge is 0.228 e. The Labute approximate surface area is 153 Å². The first kappa shape index (κ1) is 20.2. The standard InChI is InChI=1S/C18H30N4O.C2H6/c1-14-3-5-16(6-4-14)22-10-9-21(13-17(22)7-8-19)18(23)15-11-20(2)12-15;1-2/h14-17H,3-7,9-13H2,1-2H3;1-2H3. The summed E-state index contributed by atoms with van der Waals surface area (Å²) in [7, 11) is 2.06. The van der Waals surface area contributed by atoms with Gasteiger partial charge >= 0.3 is 0 Å². The number of nitriles is 1. The maximum Gasteiger partial charge on any atom is 0.228 e. The molecule has 2 aliphatic heterocycles. The molecule has 25 heavy (non-hydrogen) atoms. The Morgan fingerprint density at radius 2 is 1.72 bits per heavy atom. The van der Waals surface area contributed by atoms with Crippen molar-refractivity contribution in [2.75, 3.05) is 39.8 Å². The first-order valence-electron chi connectivity index (χ1n) is 10.2. The number of piperazine rings is 1. The zero-order valence-corrected chi connectivity index (χ0v) is 16.6. The van der Waals surface area contributed by atoms with Crippen LogP contribution in [0, 0.1) is 23.2 Å². The largest absolute Gasteiger partial charge is 0.339 e. The van der Waals surface area contributed by atoms with Gasteiger partial charge in [-0.1, -0.05) is 20.8 Å². The maximum atomic E-state index is 12.6. The highest BCUT2D eigenvalue weighted by atomic mass is 16.2. The number of amides is 1. The van der Waals surface area contributed by atoms with Crippen molar-refractivity contribution in [1.29, 1.82) is 5.26 Å². The topological polar surface area (TPSA) is 50.6 Å². The van der Waals surface area contributed by atoms with E-state index in [1.54, 1.807) is 0 Å². The summed E-state index contributed by atoms with van der Waals surface area (Å²) in [4.78, 5) is 19.4. The second kappa shape index (κ2) is 9.54. The molecule has 1 atom stereocenters. The summed E-state index contributed by atoms with van der Waals surface area (Å²) in [5, 5.41) is 9.22. The zero-order valence-electron chi connectivity index (χ0n) is 16.6. The number of carbonyl (C=O) groups is 1. The van der Waals surface area contributed by atoms with Crippen LogP contribution in [-0.4, -0.2) is 72.5 Å². The Morgan fingerprint density at radius 3 is 2.28 bits per heavy atom. The van der Waals surface area contributed by atoms with Crippen molar-refractivity contribution < 1.29 is 4.79 Å². The van der Waals surface area contributed by atoms with Crippen LogP contribution in [0.25, 0.3) is 0 Å². The summed E-state index contributed by atoms with van der Waals surface area (Å²) in [6.07, 6.45) is 5.66. The first-order chi connectivity index (χ1) is 12.1. The summed E-state index contributed by atoms with van der Waals surface area (Å²) in [5.41, 5.74) is 0. The highest BCUT2D eigenvalue weighted by Gasteiger charge is 2.38. The van der Waals surface area contributed by atoms with Crippen LogP contribution in [0.4, 0.5) is 0 Å². The average molecular weight is 349 g/mol. The molecule has 3 fully saturated rings. The molecule has 0 aromatic heterocycles. The lowest BCUT2D eigenvalue weighted by atomic mass is 9.85. The third-order valence-electron chi connectivity index (χ3n) is 6.03. The molecular formula is C20H36N4O. The summed E-state index contributed by atoms with van der Waals surface area (Å²) >= 11 is 0. The van der Waals surface area contributed by atoms with Gasteiger partial charge in [-0.3, -0.25) is 9.69 Å². The molecule has 1 amide bonds. The first-order valence-corrected chi connectivity index (χ1v) is 10.2. The fraction of sp³-hybridized carbons (Fsp3) is 0.900. The van der Waals surface area contributed by atoms with Crippen LogP contribution in [0.3, 0.4) is 0 Å². The predicted octanol–water partition coefficient (Wildman–Crippen LogP) is 2.58. The van der Waals surface area contributed by atoms with Crippen molar-refractivity contribution in [3.05, 3.63) is 0 Å². The monoisotopic (exact) mass is 348 g/mol. The van der Waals surface area contributed by atoms with Crippen molar-refractivity contribution >= 4 is 5.91 Å². The molecule has 1 unspecified atom stereocenters. The minimum Gasteiger partial charge on any atom is -0.339 e. The van der Waals surface area contributed by atoms with E-state index in [0.717, 1.165) is 38.6 Å². The number of hydrogen-bond donors (Lipinski definition) is 0. The Morgan fingerprint density at radius 1 is 1.08 bits per heavy atom. The van der Waals surface area contributed by atoms with E-state index in [2.05, 4.69) is 29.8 Å². The molecule has 2 heterocycles. The lowest BCUT2D eigenvalue weighted by Crippen LogP contribution is -2.61. The Balaban J connectivity index is 0.00000109. The van der Waals surface area contributed by atoms with Gasteiger partial charge in [0.1, 0.15) is 0 Å². The number of rotatable bonds is 3. The van der Waals surface area contributed by atoms with E-state index in [-0.39, 0.29) is 12.0 Å². The van der Waals surface area contributed by atoms with E-state index in [4.69, 9.17) is 0 Å². The second-order valence-corrected chi connectivity index (χ2v) is 7.87. The van der Waals surface area contributed by atoms with Crippen molar-refractivity contribution in [2.24, 2.45) is 11.8 Å². The summed E-state index contributed by atoms with van der Waals surface area (Å²) in [5.74, 6) is 1.34. The fourth-order valence-corrected chi connectivity index (χ4v) is 4.52. The zero-order chi connectivity index (χ0) is 18.4. The highest BCUT2D eigenvalue weighted by Crippen LogP contribution is 2.30. The molecule has 0 N–H and O–H groups in total. The van der Waals surface area contributed by atoms with Gasteiger partial charge in [0.15, 0.2) is 0 Å². The number of hydrogen-bond acceptors (Lipinski definition) is 4. The number of likely N-dealkylation sites (tertiary alicyclic amines) is 1. The quantitative estimate of drug-likeness (QED) is 0.787. The van der Waals surface area contributed by atoms with Crippen LogP contribution >= 0.6 is 0 Å². The molecule has 0 radical (unpaired) electrons. The molecule has 0 aromatic carbocycles. The summed E-state index contributed by atoms with van der Waals surface area (Å²) < 4.78 is 0. The third-order valence-corrected chi connectivity index (χ3v) is 6.03. The van der Waals surface area contributed by atoms with Gasteiger partial charge in [0, 0.05) is 44.8 Å². The third kappa shape index (κ3) is 4.95. The molecule has 3 aliphatic rings. The highest BCUT2D eigenvalue weighted by molar-refractivity contribution is 5.80. The number of carbonyl (C=O) groups excluding carboxylic acids is 1. The minimum atomic E-state index is 0.185. The Kier molecular flexibility index (Phi) is 7.71. The number of nitrogens with zero attached hydrogens (tertiary/aromatic N) is 4. The Bertz CT molecular complexity index is 461. The van der Waals surface area contributed by atoms with Crippen molar-refractivity contribution in [2.45, 2.75) is 65.0 Å². The summed E-state index contributed by atoms with van der Waals surface area (Å²) in [6, 6.07) is 3.20. The SMILES string of the molecule is CC.CC1CCC(N2CCN(C(=O)C3CN(C)C3)CC2CC#N)CC1. The van der Waals surface area contributed by atoms with Gasteiger partial charge in [0.25, 0.3) is 0 Å². The normalized spacial score (nSPS) is 31.5. The molecule has 0 spiro atoms. The van der Waals surface area contributed by atoms with Crippen molar-refractivity contribution in [3.8, 4) is 6.07 Å². The van der Waals surface area contributed by atoms with Gasteiger partial charge in [-0.05, 0) is 38.6 Å². The van der Waals surface area contributed by atoms with E-state index >= 15 is 0 Å². The molecule has 142 valence electrons. The predicted molar refractivity (Wildman–Crippen MR) is 101 cm³/mol. The van der Waals surface area contributed by atoms with Crippen LogP contribution in [0.2, 0.25) is 0 Å². The second-order valence-electron chi connectivity index (χ2n) is 7.87. The van der Waals surface area contributed by atoms with Crippen LogP contribution in [-0.2, 0) is 4.79 Å². The molecule has 5 heteroatoms. The Hall–Kier alpha value is -1.12. The lowest BCUT2D eigenvalue weighted by Gasteiger charge is -2.48. The average Bonchev–Trinajstić information content (AvgIpc) is 2.61. The van der Waals surface area contributed by atoms with Crippen LogP contribution < -0.4 is 0 Å². The van der Waals surface area contributed by atoms with Crippen LogP contribution in [0.15, 0.2) is 0 Å². The van der Waals surface area contributed by atoms with Crippen molar-refractivity contribution in [3.63, 3.8) is 0 Å². The van der Waals surface area contributed by atoms with E-state index in [1.165, 1.54) is 25.7 Å². The molecule has 1 saturated carbocycles.